The molecule has 0 aliphatic rings. The van der Waals surface area contributed by atoms with Gasteiger partial charge in [-0.2, -0.15) is 0 Å². The van der Waals surface area contributed by atoms with Gasteiger partial charge in [-0.1, -0.05) is 12.2 Å². The number of nitrogens with two attached hydrogens (primary N) is 1. The lowest BCUT2D eigenvalue weighted by atomic mass is 10.5. The predicted molar refractivity (Wildman–Crippen MR) is 37.0 cm³/mol. The van der Waals surface area contributed by atoms with Crippen LogP contribution in [0.3, 0.4) is 0 Å². The van der Waals surface area contributed by atoms with Crippen molar-refractivity contribution in [2.24, 2.45) is 10.7 Å². The molecule has 0 aromatic rings. The third-order valence-electron chi connectivity index (χ3n) is 0.682. The Balaban J connectivity index is 3.30. The first-order valence-corrected chi connectivity index (χ1v) is 2.65. The second-order valence-corrected chi connectivity index (χ2v) is 1.55. The molecule has 2 N–H and O–H groups in total. The SMILES string of the molecule is C/C=C/CN=C(C)N. The van der Waals surface area contributed by atoms with Crippen LogP contribution in [0, 0.1) is 0 Å². The Labute approximate surface area is 50.1 Å². The zero-order valence-electron chi connectivity index (χ0n) is 5.39. The molecule has 0 saturated carbocycles. The first-order chi connectivity index (χ1) is 3.77. The van der Waals surface area contributed by atoms with Gasteiger partial charge in [-0.05, 0) is 13.8 Å². The molecule has 0 aliphatic carbocycles. The van der Waals surface area contributed by atoms with Crippen LogP contribution in [0.25, 0.3) is 0 Å². The number of amidine groups is 1. The minimum Gasteiger partial charge on any atom is -0.388 e. The van der Waals surface area contributed by atoms with Gasteiger partial charge < -0.3 is 5.73 Å². The Morgan fingerprint density at radius 2 is 2.38 bits per heavy atom. The average molecular weight is 112 g/mol. The molecule has 0 aromatic carbocycles. The standard InChI is InChI=1S/C6H12N2/c1-3-4-5-8-6(2)7/h3-4H,5H2,1-2H3,(H2,7,8)/b4-3+. The zero-order chi connectivity index (χ0) is 6.41. The largest absolute Gasteiger partial charge is 0.388 e. The summed E-state index contributed by atoms with van der Waals surface area (Å²) in [6.45, 7) is 4.45. The molecule has 0 rings (SSSR count). The fourth-order valence-electron chi connectivity index (χ4n) is 0.302. The van der Waals surface area contributed by atoms with Gasteiger partial charge in [-0.3, -0.25) is 4.99 Å². The van der Waals surface area contributed by atoms with Crippen LogP contribution in [-0.4, -0.2) is 12.4 Å². The van der Waals surface area contributed by atoms with Crippen LogP contribution in [-0.2, 0) is 0 Å². The highest BCUT2D eigenvalue weighted by Crippen LogP contribution is 1.73. The van der Waals surface area contributed by atoms with E-state index in [1.165, 1.54) is 0 Å². The number of hydrogen-bond acceptors (Lipinski definition) is 1. The van der Waals surface area contributed by atoms with E-state index >= 15 is 0 Å². The van der Waals surface area contributed by atoms with Crippen molar-refractivity contribution >= 4 is 5.84 Å². The molecule has 0 aromatic heterocycles. The second-order valence-electron chi connectivity index (χ2n) is 1.55. The summed E-state index contributed by atoms with van der Waals surface area (Å²) in [7, 11) is 0. The molecule has 0 atom stereocenters. The smallest absolute Gasteiger partial charge is 0.0909 e. The lowest BCUT2D eigenvalue weighted by molar-refractivity contribution is 1.22. The Morgan fingerprint density at radius 1 is 1.75 bits per heavy atom. The van der Waals surface area contributed by atoms with Crippen molar-refractivity contribution in [1.82, 2.24) is 0 Å². The third kappa shape index (κ3) is 5.21. The molecule has 0 amide bonds. The van der Waals surface area contributed by atoms with Gasteiger partial charge in [0, 0.05) is 0 Å². The van der Waals surface area contributed by atoms with Crippen molar-refractivity contribution < 1.29 is 0 Å². The molecule has 0 fully saturated rings. The van der Waals surface area contributed by atoms with Crippen LogP contribution in [0.4, 0.5) is 0 Å². The van der Waals surface area contributed by atoms with Crippen LogP contribution >= 0.6 is 0 Å². The van der Waals surface area contributed by atoms with Crippen molar-refractivity contribution in [1.29, 1.82) is 0 Å². The van der Waals surface area contributed by atoms with Gasteiger partial charge in [0.2, 0.25) is 0 Å². The van der Waals surface area contributed by atoms with Gasteiger partial charge >= 0.3 is 0 Å². The maximum Gasteiger partial charge on any atom is 0.0909 e. The number of rotatable bonds is 2. The fraction of sp³-hybridized carbons (Fsp3) is 0.500. The zero-order valence-corrected chi connectivity index (χ0v) is 5.39. The van der Waals surface area contributed by atoms with Gasteiger partial charge in [-0.15, -0.1) is 0 Å². The highest BCUT2D eigenvalue weighted by molar-refractivity contribution is 5.77. The molecule has 0 unspecified atom stereocenters. The molecular formula is C6H12N2. The third-order valence-corrected chi connectivity index (χ3v) is 0.682. The molecule has 0 spiro atoms. The van der Waals surface area contributed by atoms with Crippen molar-refractivity contribution in [3.63, 3.8) is 0 Å². The lowest BCUT2D eigenvalue weighted by Gasteiger charge is -1.84. The molecule has 46 valence electrons. The van der Waals surface area contributed by atoms with E-state index in [-0.39, 0.29) is 0 Å². The summed E-state index contributed by atoms with van der Waals surface area (Å²) in [6, 6.07) is 0. The van der Waals surface area contributed by atoms with Crippen LogP contribution in [0.2, 0.25) is 0 Å². The summed E-state index contributed by atoms with van der Waals surface area (Å²) < 4.78 is 0. The minimum atomic E-state index is 0.642. The molecular weight excluding hydrogens is 100 g/mol. The second kappa shape index (κ2) is 4.37. The molecule has 2 heteroatoms. The van der Waals surface area contributed by atoms with Crippen LogP contribution in [0.5, 0.6) is 0 Å². The fourth-order valence-corrected chi connectivity index (χ4v) is 0.302. The number of nitrogens with zero attached hydrogens (tertiary/aromatic N) is 1. The lowest BCUT2D eigenvalue weighted by Crippen LogP contribution is -2.05. The summed E-state index contributed by atoms with van der Waals surface area (Å²) in [4.78, 5) is 3.92. The molecule has 0 saturated heterocycles. The molecule has 0 aliphatic heterocycles. The number of hydrogen-bond donors (Lipinski definition) is 1. The summed E-state index contributed by atoms with van der Waals surface area (Å²) in [5, 5.41) is 0. The maximum absolute atomic E-state index is 5.25. The maximum atomic E-state index is 5.25. The first kappa shape index (κ1) is 7.21. The van der Waals surface area contributed by atoms with E-state index in [9.17, 15) is 0 Å². The summed E-state index contributed by atoms with van der Waals surface area (Å²) >= 11 is 0. The van der Waals surface area contributed by atoms with Gasteiger partial charge in [-0.25, -0.2) is 0 Å². The predicted octanol–water partition coefficient (Wildman–Crippen LogP) is 0.940. The van der Waals surface area contributed by atoms with Crippen molar-refractivity contribution in [2.45, 2.75) is 13.8 Å². The van der Waals surface area contributed by atoms with Gasteiger partial charge in [0.1, 0.15) is 0 Å². The quantitative estimate of drug-likeness (QED) is 0.322. The Kier molecular flexibility index (Phi) is 3.94. The Morgan fingerprint density at radius 3 is 2.75 bits per heavy atom. The first-order valence-electron chi connectivity index (χ1n) is 2.65. The van der Waals surface area contributed by atoms with Crippen molar-refractivity contribution in [3.05, 3.63) is 12.2 Å². The normalized spacial score (nSPS) is 13.0. The average Bonchev–Trinajstić information content (AvgIpc) is 1.66. The molecule has 8 heavy (non-hydrogen) atoms. The van der Waals surface area contributed by atoms with Crippen LogP contribution in [0.1, 0.15) is 13.8 Å². The molecule has 0 radical (unpaired) electrons. The Bertz CT molecular complexity index is 99.1. The Hall–Kier alpha value is -0.790. The summed E-state index contributed by atoms with van der Waals surface area (Å²) in [5.74, 6) is 0.642. The van der Waals surface area contributed by atoms with E-state index in [0.717, 1.165) is 0 Å². The van der Waals surface area contributed by atoms with Crippen LogP contribution in [0.15, 0.2) is 17.1 Å². The topological polar surface area (TPSA) is 38.4 Å². The minimum absolute atomic E-state index is 0.642. The van der Waals surface area contributed by atoms with Crippen LogP contribution < -0.4 is 5.73 Å². The number of allylic oxidation sites excluding steroid dienone is 1. The molecule has 2 nitrogen and oxygen atoms in total. The summed E-state index contributed by atoms with van der Waals surface area (Å²) in [6.07, 6.45) is 3.91. The highest BCUT2D eigenvalue weighted by atomic mass is 14.8. The van der Waals surface area contributed by atoms with Crippen molar-refractivity contribution in [3.8, 4) is 0 Å². The molecule has 0 bridgehead atoms. The van der Waals surface area contributed by atoms with E-state index < -0.39 is 0 Å². The van der Waals surface area contributed by atoms with E-state index in [1.54, 1.807) is 6.92 Å². The van der Waals surface area contributed by atoms with E-state index in [0.29, 0.717) is 12.4 Å². The molecule has 0 heterocycles. The van der Waals surface area contributed by atoms with Gasteiger partial charge in [0.25, 0.3) is 0 Å². The number of aliphatic imine (C=N–C) groups is 1. The summed E-state index contributed by atoms with van der Waals surface area (Å²) in [5.41, 5.74) is 5.25. The van der Waals surface area contributed by atoms with Crippen molar-refractivity contribution in [2.75, 3.05) is 6.54 Å². The van der Waals surface area contributed by atoms with E-state index in [2.05, 4.69) is 4.99 Å². The van der Waals surface area contributed by atoms with Gasteiger partial charge in [0.15, 0.2) is 0 Å². The monoisotopic (exact) mass is 112 g/mol. The van der Waals surface area contributed by atoms with Gasteiger partial charge in [0.05, 0.1) is 12.4 Å². The van der Waals surface area contributed by atoms with E-state index in [1.807, 2.05) is 19.1 Å². The highest BCUT2D eigenvalue weighted by Gasteiger charge is 1.71. The van der Waals surface area contributed by atoms with E-state index in [4.69, 9.17) is 5.73 Å².